The van der Waals surface area contributed by atoms with Gasteiger partial charge in [-0.1, -0.05) is 125 Å². The third kappa shape index (κ3) is 13.9. The van der Waals surface area contributed by atoms with Gasteiger partial charge in [0, 0.05) is 24.7 Å². The maximum atomic E-state index is 14.2. The predicted molar refractivity (Wildman–Crippen MR) is 224 cm³/mol. The van der Waals surface area contributed by atoms with Gasteiger partial charge in [-0.2, -0.15) is 0 Å². The molecule has 0 bridgehead atoms. The van der Waals surface area contributed by atoms with Gasteiger partial charge in [-0.05, 0) is 59.4 Å². The number of H-pyrrole nitrogens is 1. The Bertz CT molecular complexity index is 1800. The van der Waals surface area contributed by atoms with Crippen molar-refractivity contribution in [2.45, 2.75) is 95.9 Å². The predicted octanol–water partition coefficient (Wildman–Crippen LogP) is 6.76. The number of aliphatic hydroxyl groups is 1. The van der Waals surface area contributed by atoms with Crippen LogP contribution < -0.4 is 26.0 Å². The summed E-state index contributed by atoms with van der Waals surface area (Å²) in [6, 6.07) is 24.2. The van der Waals surface area contributed by atoms with Gasteiger partial charge in [0.15, 0.2) is 0 Å². The van der Waals surface area contributed by atoms with Crippen LogP contribution in [-0.4, -0.2) is 70.3 Å². The van der Waals surface area contributed by atoms with Crippen molar-refractivity contribution in [2.24, 2.45) is 17.8 Å². The van der Waals surface area contributed by atoms with Crippen molar-refractivity contribution in [3.63, 3.8) is 0 Å². The Morgan fingerprint density at radius 1 is 0.860 bits per heavy atom. The molecule has 0 saturated heterocycles. The lowest BCUT2D eigenvalue weighted by atomic mass is 9.81. The molecule has 1 aliphatic carbocycles. The first kappa shape index (κ1) is 42.7. The number of imidazole rings is 1. The van der Waals surface area contributed by atoms with Crippen LogP contribution in [0.4, 0.5) is 4.79 Å². The summed E-state index contributed by atoms with van der Waals surface area (Å²) in [7, 11) is 0. The van der Waals surface area contributed by atoms with E-state index in [0.717, 1.165) is 42.4 Å². The van der Waals surface area contributed by atoms with Gasteiger partial charge < -0.3 is 36.1 Å². The first-order valence-corrected chi connectivity index (χ1v) is 20.4. The number of aromatic nitrogens is 2. The average Bonchev–Trinajstić information content (AvgIpc) is 3.75. The number of carbonyl (C=O) groups excluding carboxylic acids is 3. The number of nitrogens with zero attached hydrogens (tertiary/aromatic N) is 1. The lowest BCUT2D eigenvalue weighted by molar-refractivity contribution is -0.131. The summed E-state index contributed by atoms with van der Waals surface area (Å²) >= 11 is 0. The summed E-state index contributed by atoms with van der Waals surface area (Å²) in [4.78, 5) is 48.7. The van der Waals surface area contributed by atoms with Crippen molar-refractivity contribution < 1.29 is 24.2 Å². The average molecular weight is 777 g/mol. The first-order valence-electron chi connectivity index (χ1n) is 20.4. The molecule has 0 unspecified atom stereocenters. The van der Waals surface area contributed by atoms with Crippen molar-refractivity contribution in [3.05, 3.63) is 121 Å². The number of aromatic amines is 1. The number of aliphatic hydroxyl groups excluding tert-OH is 1. The second kappa shape index (κ2) is 22.4. The van der Waals surface area contributed by atoms with E-state index < -0.39 is 42.1 Å². The van der Waals surface area contributed by atoms with Gasteiger partial charge >= 0.3 is 6.03 Å². The molecule has 4 amide bonds. The molecule has 6 N–H and O–H groups in total. The molecule has 0 spiro atoms. The van der Waals surface area contributed by atoms with Crippen LogP contribution in [0.2, 0.25) is 0 Å². The molecule has 11 heteroatoms. The molecule has 5 atom stereocenters. The SMILES string of the molecule is C=C[C@@H](C[C@H](O)[C@H](CC1CCCCC1)NC(=O)[C@H](Cc1cnc[nH]1)NC(=O)[C@H](Cc1ccccc1)NC(=O)NCCOc1ccc(-c2ccccc2)cc1)C(C)C. The number of rotatable bonds is 21. The summed E-state index contributed by atoms with van der Waals surface area (Å²) in [6.45, 7) is 8.61. The second-order valence-corrected chi connectivity index (χ2v) is 15.5. The van der Waals surface area contributed by atoms with Gasteiger partial charge in [-0.3, -0.25) is 9.59 Å². The summed E-state index contributed by atoms with van der Waals surface area (Å²) < 4.78 is 5.86. The number of hydrogen-bond acceptors (Lipinski definition) is 6. The van der Waals surface area contributed by atoms with Crippen LogP contribution in [0.5, 0.6) is 5.75 Å². The van der Waals surface area contributed by atoms with Gasteiger partial charge in [-0.15, -0.1) is 6.58 Å². The zero-order chi connectivity index (χ0) is 40.4. The van der Waals surface area contributed by atoms with E-state index in [1.54, 1.807) is 6.20 Å². The van der Waals surface area contributed by atoms with E-state index in [1.807, 2.05) is 91.0 Å². The van der Waals surface area contributed by atoms with E-state index in [2.05, 4.69) is 51.7 Å². The molecule has 1 heterocycles. The quantitative estimate of drug-likeness (QED) is 0.0406. The van der Waals surface area contributed by atoms with Gasteiger partial charge in [0.25, 0.3) is 0 Å². The van der Waals surface area contributed by atoms with Gasteiger partial charge in [-0.25, -0.2) is 9.78 Å². The number of ether oxygens (including phenoxy) is 1. The molecule has 1 aliphatic rings. The number of allylic oxidation sites excluding steroid dienone is 1. The van der Waals surface area contributed by atoms with Crippen LogP contribution in [-0.2, 0) is 22.4 Å². The zero-order valence-corrected chi connectivity index (χ0v) is 33.4. The van der Waals surface area contributed by atoms with Crippen molar-refractivity contribution in [1.29, 1.82) is 0 Å². The third-order valence-corrected chi connectivity index (χ3v) is 10.9. The molecule has 57 heavy (non-hydrogen) atoms. The highest BCUT2D eigenvalue weighted by molar-refractivity contribution is 5.92. The highest BCUT2D eigenvalue weighted by Crippen LogP contribution is 2.30. The molecular formula is C46H60N6O5. The Morgan fingerprint density at radius 3 is 2.16 bits per heavy atom. The molecular weight excluding hydrogens is 717 g/mol. The van der Waals surface area contributed by atoms with E-state index in [4.69, 9.17) is 4.74 Å². The molecule has 304 valence electrons. The highest BCUT2D eigenvalue weighted by Gasteiger charge is 2.33. The Labute approximate surface area is 337 Å². The highest BCUT2D eigenvalue weighted by atomic mass is 16.5. The Balaban J connectivity index is 1.24. The van der Waals surface area contributed by atoms with Crippen LogP contribution in [0.1, 0.15) is 70.1 Å². The molecule has 0 aliphatic heterocycles. The minimum Gasteiger partial charge on any atom is -0.492 e. The van der Waals surface area contributed by atoms with E-state index in [9.17, 15) is 19.5 Å². The lowest BCUT2D eigenvalue weighted by Crippen LogP contribution is -2.58. The van der Waals surface area contributed by atoms with E-state index in [-0.39, 0.29) is 37.8 Å². The second-order valence-electron chi connectivity index (χ2n) is 15.5. The Kier molecular flexibility index (Phi) is 16.8. The molecule has 1 aromatic heterocycles. The largest absolute Gasteiger partial charge is 0.492 e. The van der Waals surface area contributed by atoms with Crippen LogP contribution in [0.15, 0.2) is 110 Å². The van der Waals surface area contributed by atoms with Crippen LogP contribution in [0.3, 0.4) is 0 Å². The summed E-state index contributed by atoms with van der Waals surface area (Å²) in [5.41, 5.74) is 3.69. The zero-order valence-electron chi connectivity index (χ0n) is 33.4. The van der Waals surface area contributed by atoms with Crippen molar-refractivity contribution in [2.75, 3.05) is 13.2 Å². The summed E-state index contributed by atoms with van der Waals surface area (Å²) in [5, 5.41) is 23.3. The van der Waals surface area contributed by atoms with Crippen LogP contribution in [0.25, 0.3) is 11.1 Å². The minimum atomic E-state index is -1.01. The number of benzene rings is 3. The summed E-state index contributed by atoms with van der Waals surface area (Å²) in [6.07, 6.45) is 11.3. The standard InChI is InChI=1S/C46H60N6O5/c1-4-35(32(2)3)28-43(53)40(26-33-14-8-5-9-15-33)50-45(55)42(29-38-30-47-31-49-38)51-44(54)41(27-34-16-10-6-11-17-34)52-46(56)48-24-25-57-39-22-20-37(21-23-39)36-18-12-7-13-19-36/h4,6-7,10-13,16-23,30-33,35,40-43,53H,1,5,8-9,14-15,24-29H2,2-3H3,(H,47,49)(H,50,55)(H,51,54)(H2,48,52,56)/t35-,40-,41-,42-,43-/m0/s1. The maximum Gasteiger partial charge on any atom is 0.315 e. The Morgan fingerprint density at radius 2 is 1.51 bits per heavy atom. The van der Waals surface area contributed by atoms with Crippen LogP contribution >= 0.6 is 0 Å². The molecule has 11 nitrogen and oxygen atoms in total. The summed E-state index contributed by atoms with van der Waals surface area (Å²) in [5.74, 6) is 0.513. The fourth-order valence-electron chi connectivity index (χ4n) is 7.53. The number of nitrogens with one attached hydrogen (secondary N) is 5. The van der Waals surface area contributed by atoms with Gasteiger partial charge in [0.05, 0.1) is 25.0 Å². The van der Waals surface area contributed by atoms with Crippen molar-refractivity contribution >= 4 is 17.8 Å². The van der Waals surface area contributed by atoms with Crippen molar-refractivity contribution in [1.82, 2.24) is 31.2 Å². The van der Waals surface area contributed by atoms with Crippen molar-refractivity contribution in [3.8, 4) is 16.9 Å². The minimum absolute atomic E-state index is 0.0836. The van der Waals surface area contributed by atoms with Crippen LogP contribution in [0, 0.1) is 17.8 Å². The molecule has 3 aromatic carbocycles. The number of carbonyl (C=O) groups is 3. The monoisotopic (exact) mass is 776 g/mol. The third-order valence-electron chi connectivity index (χ3n) is 10.9. The normalized spacial score (nSPS) is 15.7. The maximum absolute atomic E-state index is 14.2. The fourth-order valence-corrected chi connectivity index (χ4v) is 7.53. The lowest BCUT2D eigenvalue weighted by Gasteiger charge is -2.33. The van der Waals surface area contributed by atoms with Gasteiger partial charge in [0.1, 0.15) is 24.4 Å². The Hall–Kier alpha value is -5.42. The van der Waals surface area contributed by atoms with E-state index >= 15 is 0 Å². The van der Waals surface area contributed by atoms with Gasteiger partial charge in [0.2, 0.25) is 11.8 Å². The fraction of sp³-hybridized carbons (Fsp3) is 0.435. The molecule has 1 saturated carbocycles. The smallest absolute Gasteiger partial charge is 0.315 e. The topological polar surface area (TPSA) is 157 Å². The number of amides is 4. The molecule has 4 aromatic rings. The molecule has 1 fully saturated rings. The first-order chi connectivity index (χ1) is 27.7. The molecule has 0 radical (unpaired) electrons. The number of urea groups is 1. The van der Waals surface area contributed by atoms with E-state index in [0.29, 0.717) is 30.2 Å². The molecule has 5 rings (SSSR count). The number of hydrogen-bond donors (Lipinski definition) is 6. The van der Waals surface area contributed by atoms with E-state index in [1.165, 1.54) is 12.7 Å².